The van der Waals surface area contributed by atoms with Crippen molar-refractivity contribution in [3.8, 4) is 5.75 Å². The highest BCUT2D eigenvalue weighted by Gasteiger charge is 2.35. The number of hydrogen-bond acceptors (Lipinski definition) is 5. The van der Waals surface area contributed by atoms with Crippen molar-refractivity contribution in [1.29, 1.82) is 0 Å². The van der Waals surface area contributed by atoms with Crippen LogP contribution in [0.3, 0.4) is 0 Å². The molecule has 1 fully saturated rings. The summed E-state index contributed by atoms with van der Waals surface area (Å²) in [5.74, 6) is -0.202. The first-order valence-electron chi connectivity index (χ1n) is 7.70. The van der Waals surface area contributed by atoms with Crippen molar-refractivity contribution in [2.24, 2.45) is 0 Å². The van der Waals surface area contributed by atoms with E-state index in [2.05, 4.69) is 10.6 Å². The topological polar surface area (TPSA) is 97.0 Å². The second kappa shape index (κ2) is 8.19. The molecule has 1 saturated heterocycles. The SMILES string of the molecule is CCOC(=O)CC1C(=O)NCCN1C(=O)Nc1ccc(OC)cc1. The number of esters is 1. The minimum absolute atomic E-state index is 0.171. The van der Waals surface area contributed by atoms with E-state index in [0.717, 1.165) is 0 Å². The molecule has 0 spiro atoms. The molecule has 1 atom stereocenters. The first kappa shape index (κ1) is 17.6. The number of carbonyl (C=O) groups is 3. The number of nitrogens with one attached hydrogen (secondary N) is 2. The number of ether oxygens (including phenoxy) is 2. The Morgan fingerprint density at radius 3 is 2.67 bits per heavy atom. The van der Waals surface area contributed by atoms with Gasteiger partial charge in [0.2, 0.25) is 5.91 Å². The molecule has 1 unspecified atom stereocenters. The van der Waals surface area contributed by atoms with Gasteiger partial charge in [-0.05, 0) is 31.2 Å². The Morgan fingerprint density at radius 1 is 1.33 bits per heavy atom. The molecule has 3 amide bonds. The van der Waals surface area contributed by atoms with Gasteiger partial charge in [0.1, 0.15) is 11.8 Å². The molecule has 0 aromatic heterocycles. The van der Waals surface area contributed by atoms with Crippen molar-refractivity contribution < 1.29 is 23.9 Å². The number of piperazine rings is 1. The molecule has 1 aliphatic rings. The second-order valence-electron chi connectivity index (χ2n) is 5.17. The number of anilines is 1. The van der Waals surface area contributed by atoms with Crippen LogP contribution in [0.5, 0.6) is 5.75 Å². The quantitative estimate of drug-likeness (QED) is 0.782. The van der Waals surface area contributed by atoms with Gasteiger partial charge in [-0.3, -0.25) is 9.59 Å². The van der Waals surface area contributed by atoms with Crippen molar-refractivity contribution in [2.45, 2.75) is 19.4 Å². The zero-order valence-electron chi connectivity index (χ0n) is 13.7. The first-order valence-corrected chi connectivity index (χ1v) is 7.70. The molecular weight excluding hydrogens is 314 g/mol. The summed E-state index contributed by atoms with van der Waals surface area (Å²) in [5.41, 5.74) is 0.571. The summed E-state index contributed by atoms with van der Waals surface area (Å²) in [6.45, 7) is 2.57. The Bertz CT molecular complexity index is 602. The van der Waals surface area contributed by atoms with Crippen molar-refractivity contribution in [1.82, 2.24) is 10.2 Å². The van der Waals surface area contributed by atoms with E-state index in [1.807, 2.05) is 0 Å². The average Bonchev–Trinajstić information content (AvgIpc) is 2.57. The molecule has 1 aromatic carbocycles. The molecular formula is C16H21N3O5. The largest absolute Gasteiger partial charge is 0.497 e. The zero-order chi connectivity index (χ0) is 17.5. The van der Waals surface area contributed by atoms with Gasteiger partial charge in [0, 0.05) is 18.8 Å². The van der Waals surface area contributed by atoms with Gasteiger partial charge in [0.05, 0.1) is 20.1 Å². The van der Waals surface area contributed by atoms with Crippen LogP contribution in [0.25, 0.3) is 0 Å². The molecule has 1 aromatic rings. The van der Waals surface area contributed by atoms with Crippen molar-refractivity contribution in [2.75, 3.05) is 32.1 Å². The lowest BCUT2D eigenvalue weighted by atomic mass is 10.1. The van der Waals surface area contributed by atoms with Crippen LogP contribution in [0, 0.1) is 0 Å². The number of nitrogens with zero attached hydrogens (tertiary/aromatic N) is 1. The smallest absolute Gasteiger partial charge is 0.322 e. The van der Waals surface area contributed by atoms with Crippen LogP contribution < -0.4 is 15.4 Å². The molecule has 0 aliphatic carbocycles. The average molecular weight is 335 g/mol. The van der Waals surface area contributed by atoms with Crippen LogP contribution >= 0.6 is 0 Å². The van der Waals surface area contributed by atoms with Crippen molar-refractivity contribution in [3.05, 3.63) is 24.3 Å². The summed E-state index contributed by atoms with van der Waals surface area (Å²) in [6, 6.07) is 5.51. The molecule has 1 aliphatic heterocycles. The van der Waals surface area contributed by atoms with E-state index >= 15 is 0 Å². The van der Waals surface area contributed by atoms with Gasteiger partial charge in [0.15, 0.2) is 0 Å². The number of methoxy groups -OCH3 is 1. The fourth-order valence-electron chi connectivity index (χ4n) is 2.41. The molecule has 2 N–H and O–H groups in total. The Labute approximate surface area is 140 Å². The Balaban J connectivity index is 2.05. The van der Waals surface area contributed by atoms with Crippen LogP contribution in [-0.4, -0.2) is 55.7 Å². The molecule has 0 radical (unpaired) electrons. The third-order valence-electron chi connectivity index (χ3n) is 3.60. The van der Waals surface area contributed by atoms with Crippen molar-refractivity contribution in [3.63, 3.8) is 0 Å². The fourth-order valence-corrected chi connectivity index (χ4v) is 2.41. The molecule has 130 valence electrons. The second-order valence-corrected chi connectivity index (χ2v) is 5.17. The number of carbonyl (C=O) groups excluding carboxylic acids is 3. The minimum Gasteiger partial charge on any atom is -0.497 e. The van der Waals surface area contributed by atoms with Gasteiger partial charge in [-0.1, -0.05) is 0 Å². The predicted molar refractivity (Wildman–Crippen MR) is 86.8 cm³/mol. The van der Waals surface area contributed by atoms with E-state index in [9.17, 15) is 14.4 Å². The maximum absolute atomic E-state index is 12.5. The highest BCUT2D eigenvalue weighted by molar-refractivity contribution is 5.96. The molecule has 0 bridgehead atoms. The fraction of sp³-hybridized carbons (Fsp3) is 0.438. The lowest BCUT2D eigenvalue weighted by Gasteiger charge is -2.34. The summed E-state index contributed by atoms with van der Waals surface area (Å²) >= 11 is 0. The molecule has 24 heavy (non-hydrogen) atoms. The maximum atomic E-state index is 12.5. The van der Waals surface area contributed by atoms with Gasteiger partial charge < -0.3 is 25.0 Å². The third-order valence-corrected chi connectivity index (χ3v) is 3.60. The standard InChI is InChI=1S/C16H21N3O5/c1-3-24-14(20)10-13-15(21)17-8-9-19(13)16(22)18-11-4-6-12(23-2)7-5-11/h4-7,13H,3,8-10H2,1-2H3,(H,17,21)(H,18,22). The summed E-state index contributed by atoms with van der Waals surface area (Å²) in [5, 5.41) is 5.38. The normalized spacial score (nSPS) is 17.0. The highest BCUT2D eigenvalue weighted by Crippen LogP contribution is 2.17. The van der Waals surface area contributed by atoms with Crippen LogP contribution in [0.4, 0.5) is 10.5 Å². The van der Waals surface area contributed by atoms with Crippen LogP contribution in [0.2, 0.25) is 0 Å². The Hall–Kier alpha value is -2.77. The van der Waals surface area contributed by atoms with E-state index in [-0.39, 0.29) is 18.9 Å². The van der Waals surface area contributed by atoms with E-state index in [0.29, 0.717) is 24.5 Å². The first-order chi connectivity index (χ1) is 11.5. The summed E-state index contributed by atoms with van der Waals surface area (Å²) in [6.07, 6.45) is -0.171. The number of benzene rings is 1. The maximum Gasteiger partial charge on any atom is 0.322 e. The lowest BCUT2D eigenvalue weighted by Crippen LogP contribution is -2.58. The molecule has 2 rings (SSSR count). The number of amides is 3. The van der Waals surface area contributed by atoms with Gasteiger partial charge in [0.25, 0.3) is 0 Å². The minimum atomic E-state index is -0.879. The van der Waals surface area contributed by atoms with E-state index in [4.69, 9.17) is 9.47 Å². The van der Waals surface area contributed by atoms with Gasteiger partial charge >= 0.3 is 12.0 Å². The Morgan fingerprint density at radius 2 is 2.04 bits per heavy atom. The summed E-state index contributed by atoms with van der Waals surface area (Å²) < 4.78 is 9.93. The van der Waals surface area contributed by atoms with Crippen LogP contribution in [-0.2, 0) is 14.3 Å². The molecule has 0 saturated carbocycles. The van der Waals surface area contributed by atoms with Crippen molar-refractivity contribution >= 4 is 23.6 Å². The number of hydrogen-bond donors (Lipinski definition) is 2. The number of urea groups is 1. The third kappa shape index (κ3) is 4.37. The lowest BCUT2D eigenvalue weighted by molar-refractivity contribution is -0.147. The van der Waals surface area contributed by atoms with E-state index in [1.165, 1.54) is 4.90 Å². The summed E-state index contributed by atoms with van der Waals surface area (Å²) in [4.78, 5) is 37.5. The Kier molecular flexibility index (Phi) is 6.00. The van der Waals surface area contributed by atoms with Gasteiger partial charge in [-0.2, -0.15) is 0 Å². The predicted octanol–water partition coefficient (Wildman–Crippen LogP) is 0.981. The molecule has 8 heteroatoms. The zero-order valence-corrected chi connectivity index (χ0v) is 13.7. The highest BCUT2D eigenvalue weighted by atomic mass is 16.5. The van der Waals surface area contributed by atoms with E-state index in [1.54, 1.807) is 38.3 Å². The monoisotopic (exact) mass is 335 g/mol. The molecule has 1 heterocycles. The summed E-state index contributed by atoms with van der Waals surface area (Å²) in [7, 11) is 1.56. The van der Waals surface area contributed by atoms with E-state index < -0.39 is 18.0 Å². The number of rotatable bonds is 5. The van der Waals surface area contributed by atoms with Gasteiger partial charge in [-0.25, -0.2) is 4.79 Å². The molecule has 8 nitrogen and oxygen atoms in total. The van der Waals surface area contributed by atoms with Crippen LogP contribution in [0.15, 0.2) is 24.3 Å². The van der Waals surface area contributed by atoms with Gasteiger partial charge in [-0.15, -0.1) is 0 Å². The van der Waals surface area contributed by atoms with Crippen LogP contribution in [0.1, 0.15) is 13.3 Å².